The molecule has 126 valence electrons. The fraction of sp³-hybridized carbons (Fsp3) is 0.500. The molecule has 6 nitrogen and oxygen atoms in total. The maximum absolute atomic E-state index is 12.8. The maximum Gasteiger partial charge on any atom is 0.255 e. The van der Waals surface area contributed by atoms with Crippen LogP contribution in [-0.4, -0.2) is 44.7 Å². The molecule has 1 aliphatic heterocycles. The number of piperidine rings is 1. The van der Waals surface area contributed by atoms with E-state index in [2.05, 4.69) is 21.6 Å². The Hall–Kier alpha value is -2.37. The van der Waals surface area contributed by atoms with Gasteiger partial charge in [0.05, 0.1) is 17.8 Å². The Labute approximate surface area is 141 Å². The van der Waals surface area contributed by atoms with Gasteiger partial charge < -0.3 is 10.2 Å². The van der Waals surface area contributed by atoms with E-state index in [1.54, 1.807) is 6.20 Å². The van der Waals surface area contributed by atoms with Crippen molar-refractivity contribution in [2.24, 2.45) is 0 Å². The molecule has 1 saturated carbocycles. The first-order valence-electron chi connectivity index (χ1n) is 8.71. The van der Waals surface area contributed by atoms with Gasteiger partial charge in [-0.2, -0.15) is 5.10 Å². The molecular weight excluding hydrogens is 302 g/mol. The molecule has 0 spiro atoms. The summed E-state index contributed by atoms with van der Waals surface area (Å²) in [6.07, 6.45) is 10.1. The Bertz CT molecular complexity index is 719. The van der Waals surface area contributed by atoms with Crippen LogP contribution < -0.4 is 5.32 Å². The van der Waals surface area contributed by atoms with Crippen molar-refractivity contribution in [1.82, 2.24) is 19.7 Å². The van der Waals surface area contributed by atoms with Crippen molar-refractivity contribution in [3.63, 3.8) is 0 Å². The minimum absolute atomic E-state index is 0.0639. The van der Waals surface area contributed by atoms with E-state index in [0.29, 0.717) is 18.2 Å². The summed E-state index contributed by atoms with van der Waals surface area (Å²) < 4.78 is 2.00. The lowest BCUT2D eigenvalue weighted by Gasteiger charge is -2.33. The summed E-state index contributed by atoms with van der Waals surface area (Å²) in [5, 5.41) is 7.75. The van der Waals surface area contributed by atoms with Crippen LogP contribution in [0.25, 0.3) is 0 Å². The van der Waals surface area contributed by atoms with E-state index in [9.17, 15) is 4.79 Å². The molecule has 2 aliphatic rings. The first-order chi connectivity index (χ1) is 11.7. The Morgan fingerprint density at radius 3 is 2.79 bits per heavy atom. The Balaban J connectivity index is 1.43. The molecule has 0 bridgehead atoms. The number of aromatic nitrogens is 3. The zero-order chi connectivity index (χ0) is 16.5. The molecule has 0 aromatic carbocycles. The van der Waals surface area contributed by atoms with Crippen LogP contribution in [0.5, 0.6) is 0 Å². The third-order valence-corrected chi connectivity index (χ3v) is 4.73. The molecule has 2 aromatic heterocycles. The molecule has 1 atom stereocenters. The number of pyridine rings is 1. The van der Waals surface area contributed by atoms with E-state index < -0.39 is 0 Å². The van der Waals surface area contributed by atoms with E-state index in [0.717, 1.165) is 30.8 Å². The van der Waals surface area contributed by atoms with Gasteiger partial charge in [0, 0.05) is 31.5 Å². The van der Waals surface area contributed by atoms with Crippen LogP contribution in [0, 0.1) is 6.92 Å². The molecule has 2 fully saturated rings. The smallest absolute Gasteiger partial charge is 0.255 e. The number of aryl methyl sites for hydroxylation is 1. The van der Waals surface area contributed by atoms with Crippen molar-refractivity contribution in [2.45, 2.75) is 44.7 Å². The molecule has 24 heavy (non-hydrogen) atoms. The zero-order valence-corrected chi connectivity index (χ0v) is 14.0. The van der Waals surface area contributed by atoms with Gasteiger partial charge >= 0.3 is 0 Å². The fourth-order valence-electron chi connectivity index (χ4n) is 3.21. The minimum Gasteiger partial charge on any atom is -0.367 e. The summed E-state index contributed by atoms with van der Waals surface area (Å²) in [7, 11) is 0. The summed E-state index contributed by atoms with van der Waals surface area (Å²) in [6, 6.07) is 4.62. The summed E-state index contributed by atoms with van der Waals surface area (Å²) in [5.41, 5.74) is 1.81. The topological polar surface area (TPSA) is 63.1 Å². The van der Waals surface area contributed by atoms with Crippen LogP contribution in [0.1, 0.15) is 47.6 Å². The van der Waals surface area contributed by atoms with E-state index in [4.69, 9.17) is 0 Å². The van der Waals surface area contributed by atoms with Crippen molar-refractivity contribution >= 4 is 11.7 Å². The maximum atomic E-state index is 12.8. The van der Waals surface area contributed by atoms with E-state index in [-0.39, 0.29) is 11.9 Å². The highest BCUT2D eigenvalue weighted by molar-refractivity contribution is 5.94. The predicted octanol–water partition coefficient (Wildman–Crippen LogP) is 2.64. The number of likely N-dealkylation sites (tertiary alicyclic amines) is 1. The number of carbonyl (C=O) groups excluding carboxylic acids is 1. The standard InChI is InChI=1S/C18H23N5O/c1-13-9-20-23(11-13)16-3-2-8-22(12-16)18(24)14-4-7-17(19-10-14)21-15-5-6-15/h4,7,9-11,15-16H,2-3,5-6,8,12H2,1H3,(H,19,21)/t16-/m0/s1. The lowest BCUT2D eigenvalue weighted by molar-refractivity contribution is 0.0672. The second-order valence-corrected chi connectivity index (χ2v) is 6.90. The Morgan fingerprint density at radius 2 is 2.12 bits per heavy atom. The van der Waals surface area contributed by atoms with Gasteiger partial charge in [-0.1, -0.05) is 0 Å². The van der Waals surface area contributed by atoms with Gasteiger partial charge in [0.1, 0.15) is 5.82 Å². The molecule has 1 N–H and O–H groups in total. The lowest BCUT2D eigenvalue weighted by Crippen LogP contribution is -2.40. The SMILES string of the molecule is Cc1cnn([C@H]2CCCN(C(=O)c3ccc(NC4CC4)nc3)C2)c1. The molecule has 6 heteroatoms. The summed E-state index contributed by atoms with van der Waals surface area (Å²) >= 11 is 0. The van der Waals surface area contributed by atoms with Gasteiger partial charge in [-0.3, -0.25) is 9.48 Å². The summed E-state index contributed by atoms with van der Waals surface area (Å²) in [4.78, 5) is 19.1. The second-order valence-electron chi connectivity index (χ2n) is 6.90. The number of amides is 1. The second kappa shape index (κ2) is 6.26. The van der Waals surface area contributed by atoms with Crippen molar-refractivity contribution in [3.05, 3.63) is 41.9 Å². The minimum atomic E-state index is 0.0639. The highest BCUT2D eigenvalue weighted by Crippen LogP contribution is 2.25. The quantitative estimate of drug-likeness (QED) is 0.938. The van der Waals surface area contributed by atoms with Crippen LogP contribution >= 0.6 is 0 Å². The molecule has 1 saturated heterocycles. The zero-order valence-electron chi connectivity index (χ0n) is 14.0. The lowest BCUT2D eigenvalue weighted by atomic mass is 10.0. The first-order valence-corrected chi connectivity index (χ1v) is 8.71. The molecule has 2 aromatic rings. The summed E-state index contributed by atoms with van der Waals surface area (Å²) in [6.45, 7) is 3.55. The number of anilines is 1. The van der Waals surface area contributed by atoms with Gasteiger partial charge in [-0.05, 0) is 50.3 Å². The molecule has 0 unspecified atom stereocenters. The molecule has 1 aliphatic carbocycles. The van der Waals surface area contributed by atoms with Gasteiger partial charge in [0.15, 0.2) is 0 Å². The molecule has 3 heterocycles. The third-order valence-electron chi connectivity index (χ3n) is 4.73. The molecule has 1 amide bonds. The van der Waals surface area contributed by atoms with Crippen LogP contribution in [-0.2, 0) is 0 Å². The van der Waals surface area contributed by atoms with Crippen molar-refractivity contribution in [1.29, 1.82) is 0 Å². The number of nitrogens with one attached hydrogen (secondary N) is 1. The third kappa shape index (κ3) is 3.27. The van der Waals surface area contributed by atoms with Crippen LogP contribution in [0.2, 0.25) is 0 Å². The van der Waals surface area contributed by atoms with Gasteiger partial charge in [0.25, 0.3) is 5.91 Å². The number of carbonyl (C=O) groups is 1. The van der Waals surface area contributed by atoms with Crippen LogP contribution in [0.3, 0.4) is 0 Å². The largest absolute Gasteiger partial charge is 0.367 e. The number of hydrogen-bond donors (Lipinski definition) is 1. The average Bonchev–Trinajstić information content (AvgIpc) is 3.32. The average molecular weight is 325 g/mol. The molecular formula is C18H23N5O. The van der Waals surface area contributed by atoms with E-state index in [1.807, 2.05) is 34.8 Å². The summed E-state index contributed by atoms with van der Waals surface area (Å²) in [5.74, 6) is 0.923. The van der Waals surface area contributed by atoms with Crippen LogP contribution in [0.4, 0.5) is 5.82 Å². The van der Waals surface area contributed by atoms with Gasteiger partial charge in [-0.15, -0.1) is 0 Å². The number of hydrogen-bond acceptors (Lipinski definition) is 4. The molecule has 4 rings (SSSR count). The van der Waals surface area contributed by atoms with Crippen molar-refractivity contribution in [2.75, 3.05) is 18.4 Å². The van der Waals surface area contributed by atoms with Crippen molar-refractivity contribution < 1.29 is 4.79 Å². The Morgan fingerprint density at radius 1 is 1.25 bits per heavy atom. The highest BCUT2D eigenvalue weighted by Gasteiger charge is 2.26. The first kappa shape index (κ1) is 15.2. The Kier molecular flexibility index (Phi) is 3.96. The normalized spacial score (nSPS) is 20.9. The van der Waals surface area contributed by atoms with Gasteiger partial charge in [0.2, 0.25) is 0 Å². The predicted molar refractivity (Wildman–Crippen MR) is 92.0 cm³/mol. The molecule has 0 radical (unpaired) electrons. The van der Waals surface area contributed by atoms with E-state index >= 15 is 0 Å². The fourth-order valence-corrected chi connectivity index (χ4v) is 3.21. The van der Waals surface area contributed by atoms with E-state index in [1.165, 1.54) is 12.8 Å². The van der Waals surface area contributed by atoms with Crippen LogP contribution in [0.15, 0.2) is 30.7 Å². The van der Waals surface area contributed by atoms with Gasteiger partial charge in [-0.25, -0.2) is 4.98 Å². The number of nitrogens with zero attached hydrogens (tertiary/aromatic N) is 4. The monoisotopic (exact) mass is 325 g/mol. The van der Waals surface area contributed by atoms with Crippen molar-refractivity contribution in [3.8, 4) is 0 Å². The highest BCUT2D eigenvalue weighted by atomic mass is 16.2. The number of rotatable bonds is 4.